The van der Waals surface area contributed by atoms with Gasteiger partial charge in [0.15, 0.2) is 0 Å². The quantitative estimate of drug-likeness (QED) is 0.143. The third-order valence-electron chi connectivity index (χ3n) is 13.7. The second kappa shape index (κ2) is 16.2. The number of anilines is 6. The van der Waals surface area contributed by atoms with Crippen LogP contribution in [0.25, 0.3) is 49.4 Å². The van der Waals surface area contributed by atoms with E-state index >= 15 is 0 Å². The molecule has 1 aliphatic carbocycles. The molecule has 0 bridgehead atoms. The first kappa shape index (κ1) is 34.4. The number of rotatable bonds is 9. The van der Waals surface area contributed by atoms with Crippen molar-refractivity contribution >= 4 is 66.7 Å². The van der Waals surface area contributed by atoms with Crippen molar-refractivity contribution in [2.45, 2.75) is 5.41 Å². The first-order valence-corrected chi connectivity index (χ1v) is 23.0. The van der Waals surface area contributed by atoms with Gasteiger partial charge in [-0.05, 0) is 141 Å². The average molecular weight is 873 g/mol. The number of hydrogen-bond donors (Lipinski definition) is 0. The number of aromatic nitrogens is 1. The zero-order chi connectivity index (χ0) is 49.4. The molecule has 12 aromatic rings. The Kier molecular flexibility index (Phi) is 8.20. The molecule has 13 rings (SSSR count). The van der Waals surface area contributed by atoms with Crippen LogP contribution in [0.5, 0.6) is 0 Å². The van der Waals surface area contributed by atoms with Gasteiger partial charge in [-0.2, -0.15) is 0 Å². The second-order valence-corrected chi connectivity index (χ2v) is 17.3. The average Bonchev–Trinajstić information content (AvgIpc) is 3.94. The van der Waals surface area contributed by atoms with Gasteiger partial charge >= 0.3 is 0 Å². The minimum Gasteiger partial charge on any atom is -0.310 e. The van der Waals surface area contributed by atoms with Crippen molar-refractivity contribution in [3.8, 4) is 16.8 Å². The zero-order valence-corrected chi connectivity index (χ0v) is 36.9. The highest BCUT2D eigenvalue weighted by molar-refractivity contribution is 6.10. The summed E-state index contributed by atoms with van der Waals surface area (Å²) in [6.45, 7) is 0. The molecule has 1 atom stereocenters. The van der Waals surface area contributed by atoms with Crippen LogP contribution in [-0.2, 0) is 5.41 Å². The SMILES string of the molecule is [2H]c1c([2H])c([2H])c(C2(c3ccc4c5ccccc5n(-c5ccccc5)c4c3)c3ccc(N(c4ccccc4)c4ccccc4)cc3-c3cc(N(c4ccccc4)c4ccc5ccccc5c4)ccc32)c([2H])c1[2H]. The molecule has 1 aromatic heterocycles. The van der Waals surface area contributed by atoms with E-state index in [4.69, 9.17) is 1.37 Å². The number of para-hydroxylation sites is 5. The zero-order valence-electron chi connectivity index (χ0n) is 41.9. The van der Waals surface area contributed by atoms with Crippen LogP contribution in [0.4, 0.5) is 34.1 Å². The number of hydrogen-bond acceptors (Lipinski definition) is 2. The second-order valence-electron chi connectivity index (χ2n) is 17.3. The van der Waals surface area contributed by atoms with Gasteiger partial charge in [0.1, 0.15) is 0 Å². The predicted molar refractivity (Wildman–Crippen MR) is 285 cm³/mol. The summed E-state index contributed by atoms with van der Waals surface area (Å²) in [5.74, 6) is 0. The van der Waals surface area contributed by atoms with Crippen LogP contribution in [0.2, 0.25) is 0 Å². The van der Waals surface area contributed by atoms with E-state index in [9.17, 15) is 5.48 Å². The molecule has 0 saturated carbocycles. The maximum Gasteiger partial charge on any atom is 0.0714 e. The summed E-state index contributed by atoms with van der Waals surface area (Å²) in [6, 6.07) is 82.2. The maximum atomic E-state index is 9.93. The van der Waals surface area contributed by atoms with Crippen LogP contribution >= 0.6 is 0 Å². The Morgan fingerprint density at radius 2 is 0.824 bits per heavy atom. The largest absolute Gasteiger partial charge is 0.310 e. The smallest absolute Gasteiger partial charge is 0.0714 e. The summed E-state index contributed by atoms with van der Waals surface area (Å²) in [6.07, 6.45) is 0. The number of benzene rings is 11. The molecule has 0 fully saturated rings. The lowest BCUT2D eigenvalue weighted by molar-refractivity contribution is 0.769. The summed E-state index contributed by atoms with van der Waals surface area (Å²) in [5, 5.41) is 4.38. The van der Waals surface area contributed by atoms with Crippen LogP contribution in [0.15, 0.2) is 273 Å². The highest BCUT2D eigenvalue weighted by atomic mass is 15.1. The first-order valence-electron chi connectivity index (χ1n) is 25.5. The first-order chi connectivity index (χ1) is 35.8. The van der Waals surface area contributed by atoms with E-state index in [0.29, 0.717) is 0 Å². The number of nitrogens with zero attached hydrogens (tertiary/aromatic N) is 3. The van der Waals surface area contributed by atoms with Crippen LogP contribution in [-0.4, -0.2) is 4.57 Å². The molecule has 0 N–H and O–H groups in total. The van der Waals surface area contributed by atoms with E-state index in [-0.39, 0.29) is 29.7 Å². The van der Waals surface area contributed by atoms with Crippen LogP contribution in [0.1, 0.15) is 29.1 Å². The van der Waals surface area contributed by atoms with Gasteiger partial charge < -0.3 is 14.4 Å². The molecule has 1 unspecified atom stereocenters. The summed E-state index contributed by atoms with van der Waals surface area (Å²) in [4.78, 5) is 4.51. The molecule has 320 valence electrons. The molecule has 68 heavy (non-hydrogen) atoms. The van der Waals surface area contributed by atoms with E-state index in [1.165, 1.54) is 0 Å². The fourth-order valence-electron chi connectivity index (χ4n) is 10.8. The Labute approximate surface area is 403 Å². The topological polar surface area (TPSA) is 11.4 Å². The molecule has 1 aliphatic rings. The third-order valence-corrected chi connectivity index (χ3v) is 13.7. The van der Waals surface area contributed by atoms with Gasteiger partial charge in [0, 0.05) is 50.6 Å². The molecule has 1 heterocycles. The van der Waals surface area contributed by atoms with E-state index in [1.807, 2.05) is 72.8 Å². The number of fused-ring (bicyclic) bond motifs is 7. The summed E-state index contributed by atoms with van der Waals surface area (Å²) < 4.78 is 49.5. The van der Waals surface area contributed by atoms with E-state index in [1.54, 1.807) is 0 Å². The summed E-state index contributed by atoms with van der Waals surface area (Å²) in [7, 11) is 0. The molecule has 0 amide bonds. The van der Waals surface area contributed by atoms with Gasteiger partial charge in [-0.25, -0.2) is 0 Å². The van der Waals surface area contributed by atoms with Gasteiger partial charge in [-0.3, -0.25) is 0 Å². The molecule has 3 heteroatoms. The summed E-state index contributed by atoms with van der Waals surface area (Å²) >= 11 is 0. The standard InChI is InChI=1S/C65H45N3/c1-6-22-48(23-7-1)65(49-35-39-58-57-32-18-19-33-63(57)68(64(58)43-49)53-30-14-5-15-31-53)61-40-37-55(66(50-24-8-2-9-25-50)51-26-10-3-11-27-51)44-59(61)60-45-56(38-41-62(60)65)67(52-28-12-4-13-29-52)54-36-34-46-20-16-17-21-47(46)42-54/h1-45H/i1D,6D,7D,22D,23D. The van der Waals surface area contributed by atoms with Gasteiger partial charge in [-0.1, -0.05) is 176 Å². The molecule has 0 aliphatic heterocycles. The van der Waals surface area contributed by atoms with E-state index in [0.717, 1.165) is 100 Å². The Morgan fingerprint density at radius 3 is 1.44 bits per heavy atom. The van der Waals surface area contributed by atoms with E-state index in [2.05, 4.69) is 184 Å². The van der Waals surface area contributed by atoms with Crippen molar-refractivity contribution in [2.24, 2.45) is 0 Å². The predicted octanol–water partition coefficient (Wildman–Crippen LogP) is 17.2. The fraction of sp³-hybridized carbons (Fsp3) is 0.0154. The van der Waals surface area contributed by atoms with E-state index < -0.39 is 11.5 Å². The Hall–Kier alpha value is -8.92. The molecular formula is C65H45N3. The highest BCUT2D eigenvalue weighted by Gasteiger charge is 2.47. The maximum absolute atomic E-state index is 9.93. The van der Waals surface area contributed by atoms with Crippen molar-refractivity contribution in [2.75, 3.05) is 9.80 Å². The summed E-state index contributed by atoms with van der Waals surface area (Å²) in [5.41, 5.74) is 11.6. The fourth-order valence-corrected chi connectivity index (χ4v) is 10.8. The lowest BCUT2D eigenvalue weighted by atomic mass is 9.67. The van der Waals surface area contributed by atoms with Gasteiger partial charge in [0.25, 0.3) is 0 Å². The third kappa shape index (κ3) is 6.28. The molecule has 0 saturated heterocycles. The van der Waals surface area contributed by atoms with Gasteiger partial charge in [0.2, 0.25) is 0 Å². The molecule has 3 nitrogen and oxygen atoms in total. The molecule has 0 radical (unpaired) electrons. The highest BCUT2D eigenvalue weighted by Crippen LogP contribution is 2.59. The Morgan fingerprint density at radius 1 is 0.338 bits per heavy atom. The minimum atomic E-state index is -1.41. The van der Waals surface area contributed by atoms with Crippen molar-refractivity contribution in [3.63, 3.8) is 0 Å². The molecule has 0 spiro atoms. The normalized spacial score (nSPS) is 15.0. The lowest BCUT2D eigenvalue weighted by Gasteiger charge is -2.34. The van der Waals surface area contributed by atoms with Crippen LogP contribution in [0.3, 0.4) is 0 Å². The van der Waals surface area contributed by atoms with Gasteiger partial charge in [-0.15, -0.1) is 0 Å². The van der Waals surface area contributed by atoms with Gasteiger partial charge in [0.05, 0.1) is 23.3 Å². The molecular weight excluding hydrogens is 823 g/mol. The van der Waals surface area contributed by atoms with Crippen molar-refractivity contribution in [3.05, 3.63) is 295 Å². The van der Waals surface area contributed by atoms with Crippen molar-refractivity contribution in [1.29, 1.82) is 0 Å². The Bertz CT molecular complexity index is 4040. The lowest BCUT2D eigenvalue weighted by Crippen LogP contribution is -2.28. The monoisotopic (exact) mass is 872 g/mol. The molecule has 11 aromatic carbocycles. The minimum absolute atomic E-state index is 0.193. The Balaban J connectivity index is 1.16. The van der Waals surface area contributed by atoms with Crippen LogP contribution < -0.4 is 9.80 Å². The van der Waals surface area contributed by atoms with Crippen LogP contribution in [0, 0.1) is 0 Å². The van der Waals surface area contributed by atoms with Crippen molar-refractivity contribution < 1.29 is 6.85 Å². The van der Waals surface area contributed by atoms with Crippen molar-refractivity contribution in [1.82, 2.24) is 4.57 Å².